The summed E-state index contributed by atoms with van der Waals surface area (Å²) < 4.78 is 34.4. The summed E-state index contributed by atoms with van der Waals surface area (Å²) in [6.45, 7) is 1.20. The zero-order valence-corrected chi connectivity index (χ0v) is 15.4. The monoisotopic (exact) mass is 388 g/mol. The summed E-state index contributed by atoms with van der Waals surface area (Å²) in [5, 5.41) is 7.55. The Morgan fingerprint density at radius 2 is 2.11 bits per heavy atom. The maximum atomic E-state index is 14.0. The minimum atomic E-state index is -0.665. The number of hydrogen-bond donors (Lipinski definition) is 1. The molecule has 28 heavy (non-hydrogen) atoms. The maximum absolute atomic E-state index is 14.0. The van der Waals surface area contributed by atoms with E-state index in [1.165, 1.54) is 16.8 Å². The van der Waals surface area contributed by atoms with Gasteiger partial charge in [-0.3, -0.25) is 9.69 Å². The van der Waals surface area contributed by atoms with E-state index in [2.05, 4.69) is 15.3 Å². The van der Waals surface area contributed by atoms with Crippen LogP contribution < -0.4 is 5.32 Å². The summed E-state index contributed by atoms with van der Waals surface area (Å²) in [6, 6.07) is 5.50. The molecule has 0 radical (unpaired) electrons. The van der Waals surface area contributed by atoms with E-state index < -0.39 is 11.6 Å². The van der Waals surface area contributed by atoms with E-state index in [1.807, 2.05) is 6.07 Å². The molecule has 2 saturated heterocycles. The average Bonchev–Trinajstić information content (AvgIpc) is 3.06. The molecule has 1 amide bonds. The van der Waals surface area contributed by atoms with Crippen molar-refractivity contribution in [3.63, 3.8) is 0 Å². The number of rotatable bonds is 5. The number of ether oxygens (including phenoxy) is 1. The van der Waals surface area contributed by atoms with Crippen molar-refractivity contribution in [1.29, 1.82) is 0 Å². The number of aromatic nitrogens is 2. The molecule has 2 aliphatic heterocycles. The first-order valence-electron chi connectivity index (χ1n) is 9.76. The van der Waals surface area contributed by atoms with Crippen LogP contribution in [0, 0.1) is 11.6 Å². The van der Waals surface area contributed by atoms with Crippen LogP contribution in [0.5, 0.6) is 0 Å². The molecule has 2 aromatic rings. The standard InChI is InChI=1S/C20H22F2N4O2/c21-12-1-4-16(15(22)9-12)26-7-5-14(24-26)11-25-17-6-8-28-19(17)10-18(25)20(27)23-13-2-3-13/h1,4-5,7,9,13,17-19H,2-3,6,8,10-11H2,(H,23,27)/t17-,18-,19-/m0/s1. The highest BCUT2D eigenvalue weighted by Crippen LogP contribution is 2.35. The number of carbonyl (C=O) groups is 1. The van der Waals surface area contributed by atoms with Gasteiger partial charge in [0.25, 0.3) is 0 Å². The van der Waals surface area contributed by atoms with Crippen LogP contribution in [0.4, 0.5) is 8.78 Å². The summed E-state index contributed by atoms with van der Waals surface area (Å²) in [5.41, 5.74) is 0.930. The fourth-order valence-electron chi connectivity index (χ4n) is 4.27. The van der Waals surface area contributed by atoms with Gasteiger partial charge in [0, 0.05) is 37.5 Å². The number of benzene rings is 1. The number of halogens is 2. The normalized spacial score (nSPS) is 27.1. The zero-order valence-electron chi connectivity index (χ0n) is 15.4. The molecule has 148 valence electrons. The fourth-order valence-corrected chi connectivity index (χ4v) is 4.27. The molecule has 1 saturated carbocycles. The number of hydrogen-bond acceptors (Lipinski definition) is 4. The highest BCUT2D eigenvalue weighted by Gasteiger charge is 2.48. The maximum Gasteiger partial charge on any atom is 0.237 e. The van der Waals surface area contributed by atoms with Crippen molar-refractivity contribution in [2.24, 2.45) is 0 Å². The van der Waals surface area contributed by atoms with Crippen molar-refractivity contribution in [3.05, 3.63) is 47.8 Å². The Morgan fingerprint density at radius 3 is 2.89 bits per heavy atom. The lowest BCUT2D eigenvalue weighted by atomic mass is 10.1. The van der Waals surface area contributed by atoms with Crippen molar-refractivity contribution < 1.29 is 18.3 Å². The minimum absolute atomic E-state index is 0.0597. The van der Waals surface area contributed by atoms with Crippen LogP contribution in [0.15, 0.2) is 30.5 Å². The van der Waals surface area contributed by atoms with Crippen molar-refractivity contribution in [2.45, 2.75) is 56.5 Å². The molecule has 0 bridgehead atoms. The smallest absolute Gasteiger partial charge is 0.237 e. The highest BCUT2D eigenvalue weighted by atomic mass is 19.1. The lowest BCUT2D eigenvalue weighted by molar-refractivity contribution is -0.126. The molecule has 6 nitrogen and oxygen atoms in total. The second-order valence-corrected chi connectivity index (χ2v) is 7.82. The van der Waals surface area contributed by atoms with Gasteiger partial charge < -0.3 is 10.1 Å². The van der Waals surface area contributed by atoms with E-state index in [9.17, 15) is 13.6 Å². The van der Waals surface area contributed by atoms with Gasteiger partial charge in [-0.05, 0) is 43.9 Å². The fraction of sp³-hybridized carbons (Fsp3) is 0.500. The number of amides is 1. The summed E-state index contributed by atoms with van der Waals surface area (Å²) in [5.74, 6) is -1.23. The number of fused-ring (bicyclic) bond motifs is 1. The number of nitrogens with zero attached hydrogens (tertiary/aromatic N) is 3. The third-order valence-corrected chi connectivity index (χ3v) is 5.83. The number of nitrogens with one attached hydrogen (secondary N) is 1. The minimum Gasteiger partial charge on any atom is -0.376 e. The van der Waals surface area contributed by atoms with Gasteiger partial charge in [-0.25, -0.2) is 13.5 Å². The summed E-state index contributed by atoms with van der Waals surface area (Å²) in [7, 11) is 0. The van der Waals surface area contributed by atoms with Crippen LogP contribution in [0.3, 0.4) is 0 Å². The van der Waals surface area contributed by atoms with Crippen LogP contribution in [-0.4, -0.2) is 51.4 Å². The zero-order chi connectivity index (χ0) is 19.3. The second-order valence-electron chi connectivity index (χ2n) is 7.82. The summed E-state index contributed by atoms with van der Waals surface area (Å²) in [4.78, 5) is 14.9. The third-order valence-electron chi connectivity index (χ3n) is 5.83. The van der Waals surface area contributed by atoms with Gasteiger partial charge in [-0.15, -0.1) is 0 Å². The lowest BCUT2D eigenvalue weighted by Gasteiger charge is -2.27. The van der Waals surface area contributed by atoms with E-state index in [4.69, 9.17) is 4.74 Å². The third kappa shape index (κ3) is 3.31. The largest absolute Gasteiger partial charge is 0.376 e. The Balaban J connectivity index is 1.36. The Morgan fingerprint density at radius 1 is 1.25 bits per heavy atom. The predicted molar refractivity (Wildman–Crippen MR) is 96.7 cm³/mol. The summed E-state index contributed by atoms with van der Waals surface area (Å²) >= 11 is 0. The first-order valence-corrected chi connectivity index (χ1v) is 9.76. The SMILES string of the molecule is O=C(NC1CC1)[C@@H]1C[C@@H]2OCC[C@@H]2N1Cc1ccn(-c2ccc(F)cc2F)n1. The topological polar surface area (TPSA) is 59.4 Å². The Kier molecular flexibility index (Phi) is 4.40. The molecule has 1 aromatic carbocycles. The molecule has 1 N–H and O–H groups in total. The van der Waals surface area contributed by atoms with Gasteiger partial charge in [0.2, 0.25) is 5.91 Å². The Bertz CT molecular complexity index is 898. The van der Waals surface area contributed by atoms with Crippen LogP contribution >= 0.6 is 0 Å². The van der Waals surface area contributed by atoms with Gasteiger partial charge in [0.1, 0.15) is 11.5 Å². The second kappa shape index (κ2) is 6.93. The van der Waals surface area contributed by atoms with E-state index >= 15 is 0 Å². The Hall–Kier alpha value is -2.32. The summed E-state index contributed by atoms with van der Waals surface area (Å²) in [6.07, 6.45) is 5.42. The van der Waals surface area contributed by atoms with E-state index in [0.29, 0.717) is 25.6 Å². The van der Waals surface area contributed by atoms with E-state index in [1.54, 1.807) is 6.20 Å². The first-order chi connectivity index (χ1) is 13.6. The van der Waals surface area contributed by atoms with Gasteiger partial charge in [0.15, 0.2) is 5.82 Å². The molecule has 3 heterocycles. The van der Waals surface area contributed by atoms with Crippen LogP contribution in [0.1, 0.15) is 31.4 Å². The quantitative estimate of drug-likeness (QED) is 0.853. The molecule has 3 atom stereocenters. The van der Waals surface area contributed by atoms with Crippen LogP contribution in [-0.2, 0) is 16.1 Å². The van der Waals surface area contributed by atoms with Crippen molar-refractivity contribution >= 4 is 5.91 Å². The highest BCUT2D eigenvalue weighted by molar-refractivity contribution is 5.82. The Labute approximate surface area is 161 Å². The van der Waals surface area contributed by atoms with E-state index in [0.717, 1.165) is 31.0 Å². The van der Waals surface area contributed by atoms with Crippen molar-refractivity contribution in [3.8, 4) is 5.69 Å². The van der Waals surface area contributed by atoms with Crippen molar-refractivity contribution in [2.75, 3.05) is 6.61 Å². The van der Waals surface area contributed by atoms with Crippen molar-refractivity contribution in [1.82, 2.24) is 20.0 Å². The van der Waals surface area contributed by atoms with Gasteiger partial charge in [0.05, 0.1) is 17.8 Å². The van der Waals surface area contributed by atoms with Gasteiger partial charge >= 0.3 is 0 Å². The first kappa shape index (κ1) is 17.8. The molecule has 3 fully saturated rings. The van der Waals surface area contributed by atoms with Crippen LogP contribution in [0.25, 0.3) is 5.69 Å². The van der Waals surface area contributed by atoms with Crippen LogP contribution in [0.2, 0.25) is 0 Å². The molecule has 1 aliphatic carbocycles. The molecule has 3 aliphatic rings. The van der Waals surface area contributed by atoms with Gasteiger partial charge in [-0.1, -0.05) is 0 Å². The molecule has 0 spiro atoms. The lowest BCUT2D eigenvalue weighted by Crippen LogP contribution is -2.46. The molecule has 8 heteroatoms. The molecule has 0 unspecified atom stereocenters. The molecular weight excluding hydrogens is 366 g/mol. The van der Waals surface area contributed by atoms with E-state index in [-0.39, 0.29) is 29.8 Å². The predicted octanol–water partition coefficient (Wildman–Crippen LogP) is 2.16. The number of carbonyl (C=O) groups excluding carboxylic acids is 1. The molecule has 1 aromatic heterocycles. The average molecular weight is 388 g/mol. The van der Waals surface area contributed by atoms with Gasteiger partial charge in [-0.2, -0.15) is 5.10 Å². The molecular formula is C20H22F2N4O2. The molecule has 5 rings (SSSR count). The number of likely N-dealkylation sites (tertiary alicyclic amines) is 1.